The van der Waals surface area contributed by atoms with Crippen LogP contribution in [0.25, 0.3) is 0 Å². The third-order valence-electron chi connectivity index (χ3n) is 2.51. The molecule has 15 heavy (non-hydrogen) atoms. The summed E-state index contributed by atoms with van der Waals surface area (Å²) in [6.45, 7) is 8.28. The minimum absolute atomic E-state index is 0.0415. The smallest absolute Gasteiger partial charge is 0.214 e. The van der Waals surface area contributed by atoms with E-state index in [4.69, 9.17) is 5.73 Å². The van der Waals surface area contributed by atoms with Crippen LogP contribution in [0.2, 0.25) is 0 Å². The van der Waals surface area contributed by atoms with Crippen LogP contribution in [0.5, 0.6) is 0 Å². The maximum atomic E-state index is 11.8. The van der Waals surface area contributed by atoms with Gasteiger partial charge in [0.2, 0.25) is 10.0 Å². The predicted octanol–water partition coefficient (Wildman–Crippen LogP) is 1.03. The summed E-state index contributed by atoms with van der Waals surface area (Å²) in [5, 5.41) is 0. The Morgan fingerprint density at radius 1 is 1.33 bits per heavy atom. The average Bonchev–Trinajstić information content (AvgIpc) is 2.11. The van der Waals surface area contributed by atoms with Crippen LogP contribution < -0.4 is 5.73 Å². The summed E-state index contributed by atoms with van der Waals surface area (Å²) in [7, 11) is -1.56. The largest absolute Gasteiger partial charge is 0.329 e. The predicted molar refractivity (Wildman–Crippen MR) is 64.1 cm³/mol. The molecule has 0 spiro atoms. The van der Waals surface area contributed by atoms with Gasteiger partial charge < -0.3 is 5.73 Å². The van der Waals surface area contributed by atoms with Gasteiger partial charge in [0, 0.05) is 19.6 Å². The fraction of sp³-hybridized carbons (Fsp3) is 1.00. The quantitative estimate of drug-likeness (QED) is 0.775. The summed E-state index contributed by atoms with van der Waals surface area (Å²) in [5.74, 6) is 0.192. The van der Waals surface area contributed by atoms with E-state index in [0.29, 0.717) is 13.0 Å². The molecule has 0 aliphatic rings. The van der Waals surface area contributed by atoms with Crippen LogP contribution in [0.3, 0.4) is 0 Å². The van der Waals surface area contributed by atoms with Gasteiger partial charge in [0.15, 0.2) is 0 Å². The number of rotatable bonds is 5. The Balaban J connectivity index is 4.44. The number of hydrogen-bond acceptors (Lipinski definition) is 3. The van der Waals surface area contributed by atoms with Crippen molar-refractivity contribution < 1.29 is 8.42 Å². The van der Waals surface area contributed by atoms with E-state index >= 15 is 0 Å². The first-order chi connectivity index (χ1) is 6.60. The van der Waals surface area contributed by atoms with Crippen molar-refractivity contribution in [1.82, 2.24) is 4.31 Å². The maximum Gasteiger partial charge on any atom is 0.214 e. The topological polar surface area (TPSA) is 63.4 Å². The number of nitrogens with two attached hydrogens (primary N) is 1. The Morgan fingerprint density at radius 2 is 1.80 bits per heavy atom. The van der Waals surface area contributed by atoms with E-state index in [1.165, 1.54) is 4.31 Å². The van der Waals surface area contributed by atoms with E-state index in [1.54, 1.807) is 7.05 Å². The van der Waals surface area contributed by atoms with Crippen LogP contribution in [0.1, 0.15) is 34.1 Å². The Labute approximate surface area is 93.9 Å². The molecule has 0 saturated heterocycles. The van der Waals surface area contributed by atoms with Gasteiger partial charge in [0.05, 0.1) is 5.75 Å². The Kier molecular flexibility index (Phi) is 5.23. The van der Waals surface area contributed by atoms with Gasteiger partial charge in [-0.15, -0.1) is 0 Å². The van der Waals surface area contributed by atoms with Crippen molar-refractivity contribution in [3.8, 4) is 0 Å². The Morgan fingerprint density at radius 3 is 2.13 bits per heavy atom. The maximum absolute atomic E-state index is 11.8. The van der Waals surface area contributed by atoms with Gasteiger partial charge in [-0.2, -0.15) is 0 Å². The normalized spacial score (nSPS) is 15.7. The fourth-order valence-electron chi connectivity index (χ4n) is 1.00. The van der Waals surface area contributed by atoms with Crippen LogP contribution in [-0.2, 0) is 10.0 Å². The molecular weight excluding hydrogens is 212 g/mol. The molecule has 5 heteroatoms. The molecule has 0 bridgehead atoms. The van der Waals surface area contributed by atoms with Gasteiger partial charge >= 0.3 is 0 Å². The third-order valence-corrected chi connectivity index (χ3v) is 4.47. The molecule has 0 aromatic heterocycles. The minimum Gasteiger partial charge on any atom is -0.329 e. The summed E-state index contributed by atoms with van der Waals surface area (Å²) < 4.78 is 25.1. The highest BCUT2D eigenvalue weighted by Crippen LogP contribution is 2.20. The molecule has 0 rings (SSSR count). The van der Waals surface area contributed by atoms with E-state index < -0.39 is 10.0 Å². The molecule has 0 fully saturated rings. The first kappa shape index (κ1) is 14.9. The van der Waals surface area contributed by atoms with Gasteiger partial charge in [-0.1, -0.05) is 20.8 Å². The first-order valence-corrected chi connectivity index (χ1v) is 6.87. The molecule has 92 valence electrons. The minimum atomic E-state index is -3.15. The van der Waals surface area contributed by atoms with Crippen LogP contribution in [-0.4, -0.2) is 38.1 Å². The highest BCUT2D eigenvalue weighted by molar-refractivity contribution is 7.89. The molecule has 0 aromatic carbocycles. The van der Waals surface area contributed by atoms with E-state index in [0.717, 1.165) is 0 Å². The van der Waals surface area contributed by atoms with E-state index in [9.17, 15) is 8.42 Å². The van der Waals surface area contributed by atoms with Crippen molar-refractivity contribution in [3.63, 3.8) is 0 Å². The summed E-state index contributed by atoms with van der Waals surface area (Å²) in [5.41, 5.74) is 5.49. The number of hydrogen-bond donors (Lipinski definition) is 1. The van der Waals surface area contributed by atoms with E-state index in [-0.39, 0.29) is 17.2 Å². The molecule has 2 N–H and O–H groups in total. The molecule has 0 aromatic rings. The zero-order valence-corrected chi connectivity index (χ0v) is 11.3. The fourth-order valence-corrected chi connectivity index (χ4v) is 2.79. The van der Waals surface area contributed by atoms with E-state index in [2.05, 4.69) is 0 Å². The Hall–Kier alpha value is -0.130. The van der Waals surface area contributed by atoms with Gasteiger partial charge in [-0.05, 0) is 18.8 Å². The lowest BCUT2D eigenvalue weighted by Crippen LogP contribution is -2.41. The summed E-state index contributed by atoms with van der Waals surface area (Å²) in [6.07, 6.45) is 0.664. The van der Waals surface area contributed by atoms with Crippen LogP contribution in [0, 0.1) is 5.41 Å². The highest BCUT2D eigenvalue weighted by Gasteiger charge is 2.24. The van der Waals surface area contributed by atoms with Crippen LogP contribution in [0.15, 0.2) is 0 Å². The van der Waals surface area contributed by atoms with Crippen molar-refractivity contribution in [2.75, 3.05) is 19.3 Å². The summed E-state index contributed by atoms with van der Waals surface area (Å²) >= 11 is 0. The third kappa shape index (κ3) is 5.49. The van der Waals surface area contributed by atoms with Crippen LogP contribution >= 0.6 is 0 Å². The lowest BCUT2D eigenvalue weighted by atomic mass is 9.94. The zero-order valence-electron chi connectivity index (χ0n) is 10.4. The standard InChI is InChI=1S/C10H24N2O2S/c1-9(8-11)12(5)15(13,14)7-6-10(2,3)4/h9H,6-8,11H2,1-5H3. The summed E-state index contributed by atoms with van der Waals surface area (Å²) in [6, 6.07) is -0.130. The lowest BCUT2D eigenvalue weighted by Gasteiger charge is -2.25. The molecule has 1 unspecified atom stereocenters. The second-order valence-electron chi connectivity index (χ2n) is 5.23. The number of nitrogens with zero attached hydrogens (tertiary/aromatic N) is 1. The summed E-state index contributed by atoms with van der Waals surface area (Å²) in [4.78, 5) is 0. The van der Waals surface area contributed by atoms with Crippen molar-refractivity contribution in [2.24, 2.45) is 11.1 Å². The average molecular weight is 236 g/mol. The molecule has 0 radical (unpaired) electrons. The first-order valence-electron chi connectivity index (χ1n) is 5.26. The van der Waals surface area contributed by atoms with E-state index in [1.807, 2.05) is 27.7 Å². The molecule has 0 aliphatic carbocycles. The van der Waals surface area contributed by atoms with Gasteiger partial charge in [-0.3, -0.25) is 0 Å². The van der Waals surface area contributed by atoms with Gasteiger partial charge in [-0.25, -0.2) is 12.7 Å². The molecular formula is C10H24N2O2S. The molecule has 0 saturated carbocycles. The number of sulfonamides is 1. The second kappa shape index (κ2) is 5.27. The second-order valence-corrected chi connectivity index (χ2v) is 7.38. The molecule has 0 heterocycles. The Bertz CT molecular complexity index is 280. The lowest BCUT2D eigenvalue weighted by molar-refractivity contribution is 0.370. The van der Waals surface area contributed by atoms with Crippen molar-refractivity contribution >= 4 is 10.0 Å². The molecule has 0 amide bonds. The molecule has 0 aliphatic heterocycles. The molecule has 4 nitrogen and oxygen atoms in total. The highest BCUT2D eigenvalue weighted by atomic mass is 32.2. The van der Waals surface area contributed by atoms with Gasteiger partial charge in [0.25, 0.3) is 0 Å². The number of likely N-dealkylation sites (N-methyl/N-ethyl adjacent to an activating group) is 1. The van der Waals surface area contributed by atoms with Gasteiger partial charge in [0.1, 0.15) is 0 Å². The van der Waals surface area contributed by atoms with Crippen molar-refractivity contribution in [2.45, 2.75) is 40.2 Å². The SMILES string of the molecule is CC(CN)N(C)S(=O)(=O)CCC(C)(C)C. The van der Waals surface area contributed by atoms with Crippen molar-refractivity contribution in [3.05, 3.63) is 0 Å². The molecule has 1 atom stereocenters. The zero-order chi connectivity index (χ0) is 12.3. The monoisotopic (exact) mass is 236 g/mol. The van der Waals surface area contributed by atoms with Crippen LogP contribution in [0.4, 0.5) is 0 Å². The van der Waals surface area contributed by atoms with Crippen molar-refractivity contribution in [1.29, 1.82) is 0 Å².